The molecule has 3 aromatic carbocycles. The van der Waals surface area contributed by atoms with Gasteiger partial charge in [-0.1, -0.05) is 55.5 Å². The number of hydrogen-bond donors (Lipinski definition) is 1. The molecule has 1 N–H and O–H groups in total. The second kappa shape index (κ2) is 10.6. The fraction of sp³-hybridized carbons (Fsp3) is 0.148. The van der Waals surface area contributed by atoms with Crippen molar-refractivity contribution in [3.8, 4) is 16.9 Å². The number of rotatable bonds is 8. The third-order valence-electron chi connectivity index (χ3n) is 5.25. The normalized spacial score (nSPS) is 10.6. The Hall–Kier alpha value is -4.26. The Morgan fingerprint density at radius 2 is 1.59 bits per heavy atom. The van der Waals surface area contributed by atoms with E-state index in [9.17, 15) is 14.0 Å². The fourth-order valence-electron chi connectivity index (χ4n) is 3.64. The maximum absolute atomic E-state index is 13.3. The van der Waals surface area contributed by atoms with Gasteiger partial charge in [0.1, 0.15) is 18.2 Å². The zero-order valence-electron chi connectivity index (χ0n) is 18.8. The second-order valence-electron chi connectivity index (χ2n) is 7.81. The van der Waals surface area contributed by atoms with Gasteiger partial charge in [-0.3, -0.25) is 9.59 Å². The maximum atomic E-state index is 13.3. The molecule has 1 heterocycles. The van der Waals surface area contributed by atoms with E-state index >= 15 is 0 Å². The highest BCUT2D eigenvalue weighted by molar-refractivity contribution is 5.99. The molecule has 6 nitrogen and oxygen atoms in total. The number of aromatic nitrogens is 2. The Labute approximate surface area is 197 Å². The predicted molar refractivity (Wildman–Crippen MR) is 130 cm³/mol. The van der Waals surface area contributed by atoms with Crippen molar-refractivity contribution in [1.29, 1.82) is 0 Å². The van der Waals surface area contributed by atoms with Crippen LogP contribution in [-0.2, 0) is 4.79 Å². The molecule has 0 aliphatic carbocycles. The van der Waals surface area contributed by atoms with E-state index in [0.29, 0.717) is 30.0 Å². The average molecular weight is 457 g/mol. The quantitative estimate of drug-likeness (QED) is 0.398. The lowest BCUT2D eigenvalue weighted by atomic mass is 10.1. The summed E-state index contributed by atoms with van der Waals surface area (Å²) in [5, 5.41) is 7.61. The maximum Gasteiger partial charge on any atom is 0.254 e. The van der Waals surface area contributed by atoms with Crippen LogP contribution in [0.15, 0.2) is 91.0 Å². The van der Waals surface area contributed by atoms with Gasteiger partial charge in [-0.05, 0) is 42.8 Å². The second-order valence-corrected chi connectivity index (χ2v) is 7.81. The molecule has 0 saturated carbocycles. The van der Waals surface area contributed by atoms with Crippen molar-refractivity contribution in [2.75, 3.05) is 18.4 Å². The average Bonchev–Trinajstić information content (AvgIpc) is 3.28. The van der Waals surface area contributed by atoms with Crippen LogP contribution >= 0.6 is 0 Å². The third-order valence-corrected chi connectivity index (χ3v) is 5.25. The van der Waals surface area contributed by atoms with Crippen LogP contribution in [0.2, 0.25) is 0 Å². The largest absolute Gasteiger partial charge is 0.329 e. The molecule has 34 heavy (non-hydrogen) atoms. The van der Waals surface area contributed by atoms with E-state index in [1.54, 1.807) is 4.68 Å². The predicted octanol–water partition coefficient (Wildman–Crippen LogP) is 5.17. The van der Waals surface area contributed by atoms with Gasteiger partial charge in [0.25, 0.3) is 5.91 Å². The first-order chi connectivity index (χ1) is 16.5. The minimum atomic E-state index is -0.417. The van der Waals surface area contributed by atoms with Crippen LogP contribution in [0.5, 0.6) is 0 Å². The molecule has 0 fully saturated rings. The number of carbonyl (C=O) groups excluding carboxylic acids is 2. The molecule has 4 rings (SSSR count). The van der Waals surface area contributed by atoms with E-state index in [1.165, 1.54) is 29.2 Å². The smallest absolute Gasteiger partial charge is 0.254 e. The summed E-state index contributed by atoms with van der Waals surface area (Å²) in [4.78, 5) is 27.4. The van der Waals surface area contributed by atoms with Gasteiger partial charge in [-0.2, -0.15) is 5.10 Å². The van der Waals surface area contributed by atoms with Crippen molar-refractivity contribution < 1.29 is 14.0 Å². The highest BCUT2D eigenvalue weighted by Gasteiger charge is 2.20. The van der Waals surface area contributed by atoms with Gasteiger partial charge in [0, 0.05) is 23.7 Å². The Kier molecular flexibility index (Phi) is 7.13. The molecule has 2 amide bonds. The van der Waals surface area contributed by atoms with Crippen LogP contribution in [0.1, 0.15) is 23.7 Å². The number of benzene rings is 3. The van der Waals surface area contributed by atoms with Crippen LogP contribution in [0.25, 0.3) is 16.9 Å². The minimum Gasteiger partial charge on any atom is -0.329 e. The Morgan fingerprint density at radius 1 is 0.941 bits per heavy atom. The Bertz CT molecular complexity index is 1260. The summed E-state index contributed by atoms with van der Waals surface area (Å²) in [6.45, 7) is 2.20. The summed E-state index contributed by atoms with van der Waals surface area (Å²) in [5.41, 5.74) is 2.77. The highest BCUT2D eigenvalue weighted by atomic mass is 19.1. The summed E-state index contributed by atoms with van der Waals surface area (Å²) in [5.74, 6) is -0.584. The van der Waals surface area contributed by atoms with Gasteiger partial charge >= 0.3 is 0 Å². The number of carbonyl (C=O) groups is 2. The van der Waals surface area contributed by atoms with Gasteiger partial charge in [0.15, 0.2) is 0 Å². The van der Waals surface area contributed by atoms with E-state index in [2.05, 4.69) is 5.32 Å². The van der Waals surface area contributed by atoms with E-state index < -0.39 is 5.82 Å². The summed E-state index contributed by atoms with van der Waals surface area (Å²) in [7, 11) is 0. The fourth-order valence-corrected chi connectivity index (χ4v) is 3.64. The number of para-hydroxylation sites is 1. The van der Waals surface area contributed by atoms with E-state index in [-0.39, 0.29) is 18.4 Å². The number of anilines is 1. The Balaban J connectivity index is 1.58. The van der Waals surface area contributed by atoms with Crippen molar-refractivity contribution in [3.05, 3.63) is 102 Å². The first-order valence-corrected chi connectivity index (χ1v) is 11.1. The molecule has 1 aromatic heterocycles. The first kappa shape index (κ1) is 22.9. The molecule has 0 saturated heterocycles. The lowest BCUT2D eigenvalue weighted by Crippen LogP contribution is -2.38. The molecule has 4 aromatic rings. The van der Waals surface area contributed by atoms with Crippen molar-refractivity contribution >= 4 is 17.6 Å². The monoisotopic (exact) mass is 456 g/mol. The zero-order chi connectivity index (χ0) is 23.9. The topological polar surface area (TPSA) is 67.2 Å². The SMILES string of the molecule is CCCN(CC(=O)Nc1cc(-c2ccccc2)nn1-c1ccccc1)C(=O)c1ccc(F)cc1. The number of nitrogens with zero attached hydrogens (tertiary/aromatic N) is 3. The van der Waals surface area contributed by atoms with Crippen molar-refractivity contribution in [1.82, 2.24) is 14.7 Å². The highest BCUT2D eigenvalue weighted by Crippen LogP contribution is 2.24. The number of hydrogen-bond acceptors (Lipinski definition) is 3. The van der Waals surface area contributed by atoms with Crippen LogP contribution < -0.4 is 5.32 Å². The molecule has 0 atom stereocenters. The number of nitrogens with one attached hydrogen (secondary N) is 1. The molecular formula is C27H25FN4O2. The summed E-state index contributed by atoms with van der Waals surface area (Å²) in [6, 6.07) is 26.3. The van der Waals surface area contributed by atoms with E-state index in [0.717, 1.165) is 11.3 Å². The zero-order valence-corrected chi connectivity index (χ0v) is 18.8. The van der Waals surface area contributed by atoms with Gasteiger partial charge in [0.05, 0.1) is 11.4 Å². The van der Waals surface area contributed by atoms with Gasteiger partial charge < -0.3 is 10.2 Å². The van der Waals surface area contributed by atoms with Gasteiger partial charge in [0.2, 0.25) is 5.91 Å². The molecule has 0 radical (unpaired) electrons. The number of halogens is 1. The molecule has 0 spiro atoms. The van der Waals surface area contributed by atoms with Crippen molar-refractivity contribution in [2.24, 2.45) is 0 Å². The van der Waals surface area contributed by atoms with Crippen LogP contribution in [0.3, 0.4) is 0 Å². The van der Waals surface area contributed by atoms with Gasteiger partial charge in [-0.15, -0.1) is 0 Å². The molecule has 0 bridgehead atoms. The molecule has 0 unspecified atom stereocenters. The van der Waals surface area contributed by atoms with Crippen LogP contribution in [0, 0.1) is 5.82 Å². The molecular weight excluding hydrogens is 431 g/mol. The third kappa shape index (κ3) is 5.38. The molecule has 0 aliphatic rings. The lowest BCUT2D eigenvalue weighted by Gasteiger charge is -2.21. The summed E-state index contributed by atoms with van der Waals surface area (Å²) < 4.78 is 14.9. The molecule has 172 valence electrons. The minimum absolute atomic E-state index is 0.134. The first-order valence-electron chi connectivity index (χ1n) is 11.1. The van der Waals surface area contributed by atoms with Gasteiger partial charge in [-0.25, -0.2) is 9.07 Å². The summed E-state index contributed by atoms with van der Waals surface area (Å²) in [6.07, 6.45) is 0.681. The Morgan fingerprint density at radius 3 is 2.24 bits per heavy atom. The molecule has 0 aliphatic heterocycles. The summed E-state index contributed by atoms with van der Waals surface area (Å²) >= 11 is 0. The van der Waals surface area contributed by atoms with Crippen molar-refractivity contribution in [3.63, 3.8) is 0 Å². The van der Waals surface area contributed by atoms with E-state index in [1.807, 2.05) is 73.7 Å². The number of amides is 2. The van der Waals surface area contributed by atoms with Crippen LogP contribution in [0.4, 0.5) is 10.2 Å². The van der Waals surface area contributed by atoms with Crippen molar-refractivity contribution in [2.45, 2.75) is 13.3 Å². The lowest BCUT2D eigenvalue weighted by molar-refractivity contribution is -0.116. The molecule has 7 heteroatoms. The standard InChI is InChI=1S/C27H25FN4O2/c1-2-17-31(27(34)21-13-15-22(28)16-14-21)19-26(33)29-25-18-24(20-9-5-3-6-10-20)30-32(25)23-11-7-4-8-12-23/h3-16,18H,2,17,19H2,1H3,(H,29,33). The van der Waals surface area contributed by atoms with E-state index in [4.69, 9.17) is 5.10 Å². The van der Waals surface area contributed by atoms with Crippen LogP contribution in [-0.4, -0.2) is 39.6 Å².